The summed E-state index contributed by atoms with van der Waals surface area (Å²) in [4.78, 5) is 23.3. The van der Waals surface area contributed by atoms with Gasteiger partial charge in [-0.1, -0.05) is 12.1 Å². The number of anilines is 2. The Labute approximate surface area is 143 Å². The quantitative estimate of drug-likeness (QED) is 0.794. The number of hydrogen-bond donors (Lipinski definition) is 1. The van der Waals surface area contributed by atoms with Gasteiger partial charge < -0.3 is 15.0 Å². The third kappa shape index (κ3) is 2.95. The van der Waals surface area contributed by atoms with Crippen LogP contribution in [0.15, 0.2) is 42.7 Å². The lowest BCUT2D eigenvalue weighted by atomic mass is 10.2. The summed E-state index contributed by atoms with van der Waals surface area (Å²) in [6.45, 7) is 2.98. The van der Waals surface area contributed by atoms with Crippen molar-refractivity contribution in [3.63, 3.8) is 0 Å². The Morgan fingerprint density at radius 1 is 1.21 bits per heavy atom. The summed E-state index contributed by atoms with van der Waals surface area (Å²) in [5, 5.41) is 3.40. The third-order valence-electron chi connectivity index (χ3n) is 3.89. The normalized spacial score (nSPS) is 14.8. The van der Waals surface area contributed by atoms with Gasteiger partial charge in [0.25, 0.3) is 5.91 Å². The number of benzene rings is 1. The lowest BCUT2D eigenvalue weighted by Gasteiger charge is -2.30. The molecule has 1 N–H and O–H groups in total. The molecule has 0 unspecified atom stereocenters. The zero-order valence-electron chi connectivity index (χ0n) is 12.9. The second kappa shape index (κ2) is 6.54. The number of thiazole rings is 1. The summed E-state index contributed by atoms with van der Waals surface area (Å²) in [7, 11) is 0. The molecular formula is C17H16N4O2S. The summed E-state index contributed by atoms with van der Waals surface area (Å²) >= 11 is 1.39. The van der Waals surface area contributed by atoms with Crippen LogP contribution in [0.25, 0.3) is 10.2 Å². The van der Waals surface area contributed by atoms with Crippen molar-refractivity contribution in [2.45, 2.75) is 0 Å². The first-order valence-corrected chi connectivity index (χ1v) is 8.56. The van der Waals surface area contributed by atoms with Crippen LogP contribution in [-0.2, 0) is 4.74 Å². The molecule has 0 spiro atoms. The van der Waals surface area contributed by atoms with E-state index >= 15 is 0 Å². The standard InChI is InChI=1S/C17H16N4O2S/c22-16(17-20-12-3-1-2-4-15(12)24-17)19-13-11-18-6-5-14(13)21-7-9-23-10-8-21/h1-6,11H,7-10H2,(H,19,22). The number of para-hydroxylation sites is 1. The molecule has 1 aliphatic rings. The van der Waals surface area contributed by atoms with Gasteiger partial charge in [-0.25, -0.2) is 4.98 Å². The molecule has 0 bridgehead atoms. The number of carbonyl (C=O) groups is 1. The minimum absolute atomic E-state index is 0.210. The smallest absolute Gasteiger partial charge is 0.284 e. The predicted octanol–water partition coefficient (Wildman–Crippen LogP) is 2.78. The maximum absolute atomic E-state index is 12.6. The SMILES string of the molecule is O=C(Nc1cnccc1N1CCOCC1)c1nc2ccccc2s1. The van der Waals surface area contributed by atoms with E-state index in [0.717, 1.165) is 29.0 Å². The second-order valence-electron chi connectivity index (χ2n) is 5.43. The Morgan fingerprint density at radius 2 is 2.04 bits per heavy atom. The Morgan fingerprint density at radius 3 is 2.88 bits per heavy atom. The van der Waals surface area contributed by atoms with Crippen LogP contribution >= 0.6 is 11.3 Å². The van der Waals surface area contributed by atoms with Gasteiger partial charge in [0.2, 0.25) is 0 Å². The molecule has 0 saturated carbocycles. The molecule has 122 valence electrons. The zero-order valence-corrected chi connectivity index (χ0v) is 13.8. The van der Waals surface area contributed by atoms with E-state index < -0.39 is 0 Å². The molecule has 1 amide bonds. The maximum atomic E-state index is 12.6. The van der Waals surface area contributed by atoms with E-state index in [9.17, 15) is 4.79 Å². The fraction of sp³-hybridized carbons (Fsp3) is 0.235. The monoisotopic (exact) mass is 340 g/mol. The molecule has 6 nitrogen and oxygen atoms in total. The largest absolute Gasteiger partial charge is 0.378 e. The molecule has 4 rings (SSSR count). The van der Waals surface area contributed by atoms with Crippen molar-refractivity contribution in [3.05, 3.63) is 47.7 Å². The van der Waals surface area contributed by atoms with Crippen LogP contribution < -0.4 is 10.2 Å². The molecule has 1 aromatic carbocycles. The first-order valence-electron chi connectivity index (χ1n) is 7.75. The van der Waals surface area contributed by atoms with Crippen LogP contribution in [0.4, 0.5) is 11.4 Å². The number of nitrogens with zero attached hydrogens (tertiary/aromatic N) is 3. The highest BCUT2D eigenvalue weighted by molar-refractivity contribution is 7.20. The van der Waals surface area contributed by atoms with Gasteiger partial charge in [-0.2, -0.15) is 0 Å². The van der Waals surface area contributed by atoms with Gasteiger partial charge in [0, 0.05) is 19.3 Å². The van der Waals surface area contributed by atoms with Crippen LogP contribution in [0.2, 0.25) is 0 Å². The van der Waals surface area contributed by atoms with Gasteiger partial charge >= 0.3 is 0 Å². The van der Waals surface area contributed by atoms with Crippen molar-refractivity contribution in [1.82, 2.24) is 9.97 Å². The number of nitrogens with one attached hydrogen (secondary N) is 1. The number of rotatable bonds is 3. The third-order valence-corrected chi connectivity index (χ3v) is 4.92. The Balaban J connectivity index is 1.59. The topological polar surface area (TPSA) is 67.4 Å². The van der Waals surface area contributed by atoms with Crippen LogP contribution in [0.5, 0.6) is 0 Å². The lowest BCUT2D eigenvalue weighted by Crippen LogP contribution is -2.36. The van der Waals surface area contributed by atoms with Crippen molar-refractivity contribution in [1.29, 1.82) is 0 Å². The van der Waals surface area contributed by atoms with Gasteiger partial charge in [0.1, 0.15) is 0 Å². The Hall–Kier alpha value is -2.51. The fourth-order valence-corrected chi connectivity index (χ4v) is 3.57. The minimum atomic E-state index is -0.210. The number of ether oxygens (including phenoxy) is 1. The summed E-state index contributed by atoms with van der Waals surface area (Å²) in [6.07, 6.45) is 3.41. The van der Waals surface area contributed by atoms with E-state index in [1.807, 2.05) is 30.3 Å². The number of fused-ring (bicyclic) bond motifs is 1. The van der Waals surface area contributed by atoms with Crippen LogP contribution in [-0.4, -0.2) is 42.2 Å². The lowest BCUT2D eigenvalue weighted by molar-refractivity contribution is 0.102. The molecule has 3 aromatic rings. The molecule has 0 atom stereocenters. The summed E-state index contributed by atoms with van der Waals surface area (Å²) in [6, 6.07) is 9.65. The van der Waals surface area contributed by atoms with Crippen LogP contribution in [0, 0.1) is 0 Å². The number of morpholine rings is 1. The van der Waals surface area contributed by atoms with Gasteiger partial charge in [0.05, 0.1) is 41.0 Å². The van der Waals surface area contributed by atoms with Crippen molar-refractivity contribution in [2.75, 3.05) is 36.5 Å². The predicted molar refractivity (Wildman–Crippen MR) is 94.8 cm³/mol. The molecule has 0 radical (unpaired) electrons. The van der Waals surface area contributed by atoms with Crippen LogP contribution in [0.3, 0.4) is 0 Å². The Bertz CT molecular complexity index is 841. The van der Waals surface area contributed by atoms with Crippen LogP contribution in [0.1, 0.15) is 9.80 Å². The van der Waals surface area contributed by atoms with Gasteiger partial charge in [-0.05, 0) is 18.2 Å². The second-order valence-corrected chi connectivity index (χ2v) is 6.46. The molecule has 1 fully saturated rings. The molecule has 0 aliphatic carbocycles. The summed E-state index contributed by atoms with van der Waals surface area (Å²) in [5.41, 5.74) is 2.50. The minimum Gasteiger partial charge on any atom is -0.378 e. The Kier molecular flexibility index (Phi) is 4.10. The van der Waals surface area contributed by atoms with Gasteiger partial charge in [0.15, 0.2) is 5.01 Å². The van der Waals surface area contributed by atoms with Crippen molar-refractivity contribution < 1.29 is 9.53 Å². The average Bonchev–Trinajstić information content (AvgIpc) is 3.07. The highest BCUT2D eigenvalue weighted by Crippen LogP contribution is 2.27. The number of pyridine rings is 1. The van der Waals surface area contributed by atoms with E-state index in [0.29, 0.717) is 23.9 Å². The zero-order chi connectivity index (χ0) is 16.4. The molecule has 7 heteroatoms. The average molecular weight is 340 g/mol. The van der Waals surface area contributed by atoms with E-state index in [1.165, 1.54) is 11.3 Å². The van der Waals surface area contributed by atoms with Crippen molar-refractivity contribution >= 4 is 38.8 Å². The van der Waals surface area contributed by atoms with E-state index in [-0.39, 0.29) is 5.91 Å². The fourth-order valence-electron chi connectivity index (χ4n) is 2.71. The molecule has 2 aromatic heterocycles. The van der Waals surface area contributed by atoms with E-state index in [2.05, 4.69) is 20.2 Å². The van der Waals surface area contributed by atoms with E-state index in [4.69, 9.17) is 4.74 Å². The van der Waals surface area contributed by atoms with Crippen molar-refractivity contribution in [3.8, 4) is 0 Å². The first kappa shape index (κ1) is 15.0. The highest BCUT2D eigenvalue weighted by Gasteiger charge is 2.18. The maximum Gasteiger partial charge on any atom is 0.284 e. The summed E-state index contributed by atoms with van der Waals surface area (Å²) < 4.78 is 6.39. The van der Waals surface area contributed by atoms with Gasteiger partial charge in [-0.3, -0.25) is 9.78 Å². The molecular weight excluding hydrogens is 324 g/mol. The number of carbonyl (C=O) groups excluding carboxylic acids is 1. The molecule has 1 saturated heterocycles. The number of aromatic nitrogens is 2. The molecule has 3 heterocycles. The molecule has 1 aliphatic heterocycles. The number of hydrogen-bond acceptors (Lipinski definition) is 6. The van der Waals surface area contributed by atoms with Gasteiger partial charge in [-0.15, -0.1) is 11.3 Å². The highest BCUT2D eigenvalue weighted by atomic mass is 32.1. The van der Waals surface area contributed by atoms with E-state index in [1.54, 1.807) is 12.4 Å². The van der Waals surface area contributed by atoms with Crippen molar-refractivity contribution in [2.24, 2.45) is 0 Å². The summed E-state index contributed by atoms with van der Waals surface area (Å²) in [5.74, 6) is -0.210. The number of amides is 1. The first-order chi connectivity index (χ1) is 11.8. The molecule has 24 heavy (non-hydrogen) atoms.